The van der Waals surface area contributed by atoms with E-state index in [0.29, 0.717) is 5.69 Å². The fraction of sp³-hybridized carbons (Fsp3) is 0.417. The first-order valence-corrected chi connectivity index (χ1v) is 5.86. The predicted molar refractivity (Wildman–Crippen MR) is 63.1 cm³/mol. The van der Waals surface area contributed by atoms with Gasteiger partial charge < -0.3 is 5.11 Å². The lowest BCUT2D eigenvalue weighted by Gasteiger charge is -2.09. The zero-order valence-corrected chi connectivity index (χ0v) is 10.6. The number of rotatable bonds is 4. The number of hydrogen-bond donors (Lipinski definition) is 1. The molecule has 0 saturated heterocycles. The summed E-state index contributed by atoms with van der Waals surface area (Å²) in [6.07, 6.45) is 1.98. The van der Waals surface area contributed by atoms with Crippen LogP contribution in [0.2, 0.25) is 0 Å². The van der Waals surface area contributed by atoms with Crippen LogP contribution in [0.1, 0.15) is 31.2 Å². The molecule has 0 bridgehead atoms. The van der Waals surface area contributed by atoms with Crippen LogP contribution >= 0.6 is 0 Å². The highest BCUT2D eigenvalue weighted by Crippen LogP contribution is 2.19. The van der Waals surface area contributed by atoms with Crippen molar-refractivity contribution in [2.24, 2.45) is 5.92 Å². The monoisotopic (exact) mass is 268 g/mol. The van der Waals surface area contributed by atoms with Crippen molar-refractivity contribution in [3.05, 3.63) is 41.5 Å². The second-order valence-electron chi connectivity index (χ2n) is 4.60. The number of pyridine rings is 1. The molecule has 0 aliphatic carbocycles. The van der Waals surface area contributed by atoms with E-state index in [1.807, 2.05) is 13.8 Å². The highest BCUT2D eigenvalue weighted by atomic mass is 19.2. The van der Waals surface area contributed by atoms with E-state index in [2.05, 4.69) is 15.3 Å². The zero-order valence-electron chi connectivity index (χ0n) is 10.6. The van der Waals surface area contributed by atoms with Crippen LogP contribution in [0, 0.1) is 17.7 Å². The topological polar surface area (TPSA) is 63.8 Å². The molecule has 7 heteroatoms. The molecule has 2 aromatic heterocycles. The Hall–Kier alpha value is -1.89. The summed E-state index contributed by atoms with van der Waals surface area (Å²) in [7, 11) is 0. The van der Waals surface area contributed by atoms with Crippen LogP contribution in [-0.4, -0.2) is 25.1 Å². The first-order chi connectivity index (χ1) is 8.99. The average molecular weight is 268 g/mol. The first kappa shape index (κ1) is 13.5. The van der Waals surface area contributed by atoms with Gasteiger partial charge in [0.1, 0.15) is 11.8 Å². The Morgan fingerprint density at radius 2 is 2.11 bits per heavy atom. The van der Waals surface area contributed by atoms with Crippen LogP contribution in [0.15, 0.2) is 18.5 Å². The number of halogens is 2. The molecule has 2 rings (SSSR count). The largest absolute Gasteiger partial charge is 0.386 e. The summed E-state index contributed by atoms with van der Waals surface area (Å²) in [6.45, 7) is 3.73. The lowest BCUT2D eigenvalue weighted by Crippen LogP contribution is -2.06. The molecule has 1 N–H and O–H groups in total. The van der Waals surface area contributed by atoms with Crippen LogP contribution in [0.4, 0.5) is 8.78 Å². The van der Waals surface area contributed by atoms with Gasteiger partial charge in [0.05, 0.1) is 12.7 Å². The molecule has 0 aliphatic rings. The fourth-order valence-corrected chi connectivity index (χ4v) is 1.62. The number of hydrogen-bond acceptors (Lipinski definition) is 4. The Bertz CT molecular complexity index is 571. The van der Waals surface area contributed by atoms with Gasteiger partial charge in [0, 0.05) is 11.8 Å². The van der Waals surface area contributed by atoms with E-state index in [1.165, 1.54) is 23.1 Å². The molecule has 19 heavy (non-hydrogen) atoms. The van der Waals surface area contributed by atoms with E-state index in [0.717, 1.165) is 0 Å². The van der Waals surface area contributed by atoms with Crippen LogP contribution in [0.5, 0.6) is 0 Å². The number of aromatic nitrogens is 4. The highest BCUT2D eigenvalue weighted by molar-refractivity contribution is 5.14. The molecule has 2 heterocycles. The third kappa shape index (κ3) is 2.93. The summed E-state index contributed by atoms with van der Waals surface area (Å²) in [5.41, 5.74) is 0.535. The minimum absolute atomic E-state index is 0.000237. The van der Waals surface area contributed by atoms with Crippen LogP contribution in [0.3, 0.4) is 0 Å². The zero-order chi connectivity index (χ0) is 14.0. The highest BCUT2D eigenvalue weighted by Gasteiger charge is 2.16. The summed E-state index contributed by atoms with van der Waals surface area (Å²) in [6, 6.07) is 1.37. The van der Waals surface area contributed by atoms with Crippen molar-refractivity contribution in [1.82, 2.24) is 20.0 Å². The minimum Gasteiger partial charge on any atom is -0.386 e. The lowest BCUT2D eigenvalue weighted by atomic mass is 10.1. The van der Waals surface area contributed by atoms with Crippen molar-refractivity contribution in [3.8, 4) is 0 Å². The molecule has 0 aliphatic heterocycles. The molecule has 2 aromatic rings. The molecular weight excluding hydrogens is 254 g/mol. The molecule has 0 aromatic carbocycles. The standard InChI is InChI=1S/C12H14F2N4O/c1-7(2)11(19)9-6-18(17-16-9)5-8-3-4-15-12(14)10(8)13/h3-4,6-7,11,19H,5H2,1-2H3. The summed E-state index contributed by atoms with van der Waals surface area (Å²) in [4.78, 5) is 3.21. The van der Waals surface area contributed by atoms with E-state index in [9.17, 15) is 13.9 Å². The van der Waals surface area contributed by atoms with E-state index in [4.69, 9.17) is 0 Å². The maximum atomic E-state index is 13.4. The molecule has 0 amide bonds. The van der Waals surface area contributed by atoms with Crippen molar-refractivity contribution in [3.63, 3.8) is 0 Å². The average Bonchev–Trinajstić information content (AvgIpc) is 2.82. The van der Waals surface area contributed by atoms with E-state index in [-0.39, 0.29) is 18.0 Å². The van der Waals surface area contributed by atoms with Gasteiger partial charge in [0.25, 0.3) is 0 Å². The van der Waals surface area contributed by atoms with Crippen molar-refractivity contribution < 1.29 is 13.9 Å². The third-order valence-electron chi connectivity index (χ3n) is 2.75. The second kappa shape index (κ2) is 5.40. The van der Waals surface area contributed by atoms with Gasteiger partial charge >= 0.3 is 0 Å². The Balaban J connectivity index is 2.18. The molecule has 102 valence electrons. The maximum absolute atomic E-state index is 13.4. The van der Waals surface area contributed by atoms with Crippen LogP contribution in [-0.2, 0) is 6.54 Å². The van der Waals surface area contributed by atoms with Gasteiger partial charge in [-0.2, -0.15) is 4.39 Å². The molecule has 1 unspecified atom stereocenters. The predicted octanol–water partition coefficient (Wildman–Crippen LogP) is 1.69. The van der Waals surface area contributed by atoms with Gasteiger partial charge in [0.15, 0.2) is 5.82 Å². The molecule has 0 saturated carbocycles. The van der Waals surface area contributed by atoms with E-state index < -0.39 is 17.9 Å². The van der Waals surface area contributed by atoms with Gasteiger partial charge in [-0.25, -0.2) is 14.1 Å². The smallest absolute Gasteiger partial charge is 0.249 e. The molecule has 0 spiro atoms. The normalized spacial score (nSPS) is 12.9. The Kier molecular flexibility index (Phi) is 3.84. The van der Waals surface area contributed by atoms with Gasteiger partial charge in [-0.05, 0) is 12.0 Å². The third-order valence-corrected chi connectivity index (χ3v) is 2.75. The summed E-state index contributed by atoms with van der Waals surface area (Å²) in [5.74, 6) is -2.13. The summed E-state index contributed by atoms with van der Waals surface area (Å²) in [5, 5.41) is 17.4. The minimum atomic E-state index is -1.14. The fourth-order valence-electron chi connectivity index (χ4n) is 1.62. The molecule has 0 fully saturated rings. The Morgan fingerprint density at radius 3 is 2.79 bits per heavy atom. The van der Waals surface area contributed by atoms with Crippen molar-refractivity contribution in [1.29, 1.82) is 0 Å². The molecular formula is C12H14F2N4O. The summed E-state index contributed by atoms with van der Waals surface area (Å²) < 4.78 is 27.7. The quantitative estimate of drug-likeness (QED) is 0.857. The number of aliphatic hydroxyl groups excluding tert-OH is 1. The molecule has 1 atom stereocenters. The second-order valence-corrected chi connectivity index (χ2v) is 4.60. The SMILES string of the molecule is CC(C)C(O)c1cn(Cc2ccnc(F)c2F)nn1. The van der Waals surface area contributed by atoms with Crippen molar-refractivity contribution in [2.45, 2.75) is 26.5 Å². The van der Waals surface area contributed by atoms with Gasteiger partial charge in [-0.1, -0.05) is 19.1 Å². The van der Waals surface area contributed by atoms with Gasteiger partial charge in [-0.15, -0.1) is 5.10 Å². The maximum Gasteiger partial charge on any atom is 0.249 e. The van der Waals surface area contributed by atoms with Crippen molar-refractivity contribution in [2.75, 3.05) is 0 Å². The van der Waals surface area contributed by atoms with Crippen LogP contribution in [0.25, 0.3) is 0 Å². The first-order valence-electron chi connectivity index (χ1n) is 5.86. The van der Waals surface area contributed by atoms with Gasteiger partial charge in [0.2, 0.25) is 5.95 Å². The Labute approximate surface area is 108 Å². The molecule has 5 nitrogen and oxygen atoms in total. The number of aliphatic hydroxyl groups is 1. The lowest BCUT2D eigenvalue weighted by molar-refractivity contribution is 0.122. The number of nitrogens with zero attached hydrogens (tertiary/aromatic N) is 4. The van der Waals surface area contributed by atoms with Crippen molar-refractivity contribution >= 4 is 0 Å². The molecule has 0 radical (unpaired) electrons. The van der Waals surface area contributed by atoms with Crippen LogP contribution < -0.4 is 0 Å². The van der Waals surface area contributed by atoms with E-state index >= 15 is 0 Å². The van der Waals surface area contributed by atoms with Gasteiger partial charge in [-0.3, -0.25) is 0 Å². The van der Waals surface area contributed by atoms with E-state index in [1.54, 1.807) is 0 Å². The Morgan fingerprint density at radius 1 is 1.37 bits per heavy atom. The summed E-state index contributed by atoms with van der Waals surface area (Å²) >= 11 is 0.